The molecule has 0 amide bonds. The first-order chi connectivity index (χ1) is 10.6. The number of hydrogen-bond acceptors (Lipinski definition) is 5. The number of benzene rings is 1. The summed E-state index contributed by atoms with van der Waals surface area (Å²) < 4.78 is 21.5. The van der Waals surface area contributed by atoms with Crippen LogP contribution in [0.25, 0.3) is 0 Å². The van der Waals surface area contributed by atoms with E-state index in [1.54, 1.807) is 14.0 Å². The van der Waals surface area contributed by atoms with E-state index in [0.717, 1.165) is 5.56 Å². The van der Waals surface area contributed by atoms with Crippen molar-refractivity contribution in [3.63, 3.8) is 0 Å². The van der Waals surface area contributed by atoms with Crippen molar-refractivity contribution >= 4 is 5.97 Å². The quantitative estimate of drug-likeness (QED) is 0.657. The van der Waals surface area contributed by atoms with Gasteiger partial charge in [-0.2, -0.15) is 0 Å². The third kappa shape index (κ3) is 4.91. The first-order valence-corrected chi connectivity index (χ1v) is 7.72. The maximum absolute atomic E-state index is 11.9. The molecule has 1 unspecified atom stereocenters. The highest BCUT2D eigenvalue weighted by atomic mass is 16.6. The lowest BCUT2D eigenvalue weighted by Crippen LogP contribution is -2.24. The summed E-state index contributed by atoms with van der Waals surface area (Å²) in [6.07, 6.45) is 1.88. The van der Waals surface area contributed by atoms with Crippen molar-refractivity contribution in [2.24, 2.45) is 5.92 Å². The van der Waals surface area contributed by atoms with E-state index in [-0.39, 0.29) is 12.6 Å². The van der Waals surface area contributed by atoms with Crippen LogP contribution in [0.5, 0.6) is 11.5 Å². The van der Waals surface area contributed by atoms with Crippen LogP contribution in [0.1, 0.15) is 32.3 Å². The van der Waals surface area contributed by atoms with Crippen LogP contribution >= 0.6 is 0 Å². The Balaban J connectivity index is 1.83. The fraction of sp³-hybridized carbons (Fsp3) is 0.588. The van der Waals surface area contributed by atoms with Gasteiger partial charge < -0.3 is 18.9 Å². The lowest BCUT2D eigenvalue weighted by molar-refractivity contribution is -0.157. The Labute approximate surface area is 131 Å². The SMILES string of the molecule is CCOc1ccc(COC(=O)C(C)OCC2CC2)cc1OC. The number of carbonyl (C=O) groups excluding carboxylic acids is 1. The molecule has 0 aliphatic heterocycles. The lowest BCUT2D eigenvalue weighted by Gasteiger charge is -2.14. The van der Waals surface area contributed by atoms with Gasteiger partial charge in [-0.1, -0.05) is 6.07 Å². The second-order valence-electron chi connectivity index (χ2n) is 5.44. The van der Waals surface area contributed by atoms with Gasteiger partial charge in [0.15, 0.2) is 17.6 Å². The minimum atomic E-state index is -0.523. The first kappa shape index (κ1) is 16.6. The summed E-state index contributed by atoms with van der Waals surface area (Å²) in [6, 6.07) is 5.49. The summed E-state index contributed by atoms with van der Waals surface area (Å²) in [4.78, 5) is 11.9. The normalized spacial score (nSPS) is 15.2. The first-order valence-electron chi connectivity index (χ1n) is 7.72. The van der Waals surface area contributed by atoms with E-state index in [2.05, 4.69) is 0 Å². The smallest absolute Gasteiger partial charge is 0.335 e. The number of carbonyl (C=O) groups is 1. The van der Waals surface area contributed by atoms with Gasteiger partial charge >= 0.3 is 5.97 Å². The molecule has 1 aliphatic rings. The fourth-order valence-electron chi connectivity index (χ4n) is 1.98. The highest BCUT2D eigenvalue weighted by molar-refractivity contribution is 5.74. The molecule has 1 aromatic carbocycles. The molecular formula is C17H24O5. The number of rotatable bonds is 9. The maximum atomic E-state index is 11.9. The molecule has 0 saturated heterocycles. The van der Waals surface area contributed by atoms with Crippen LogP contribution in [0.2, 0.25) is 0 Å². The average molecular weight is 308 g/mol. The molecule has 22 heavy (non-hydrogen) atoms. The number of methoxy groups -OCH3 is 1. The van der Waals surface area contributed by atoms with Crippen LogP contribution in [-0.2, 0) is 20.9 Å². The van der Waals surface area contributed by atoms with Crippen LogP contribution in [0.15, 0.2) is 18.2 Å². The Morgan fingerprint density at radius 1 is 1.32 bits per heavy atom. The van der Waals surface area contributed by atoms with Crippen molar-refractivity contribution < 1.29 is 23.7 Å². The zero-order valence-electron chi connectivity index (χ0n) is 13.5. The van der Waals surface area contributed by atoms with E-state index < -0.39 is 6.10 Å². The molecule has 1 aromatic rings. The third-order valence-corrected chi connectivity index (χ3v) is 3.52. The second kappa shape index (κ2) is 8.03. The number of hydrogen-bond donors (Lipinski definition) is 0. The molecule has 1 saturated carbocycles. The van der Waals surface area contributed by atoms with Gasteiger partial charge in [0.05, 0.1) is 20.3 Å². The van der Waals surface area contributed by atoms with Gasteiger partial charge in [0.2, 0.25) is 0 Å². The number of esters is 1. The molecule has 0 radical (unpaired) electrons. The Kier molecular flexibility index (Phi) is 6.07. The van der Waals surface area contributed by atoms with E-state index in [0.29, 0.717) is 30.6 Å². The highest BCUT2D eigenvalue weighted by Gasteiger charge is 2.24. The van der Waals surface area contributed by atoms with E-state index in [9.17, 15) is 4.79 Å². The summed E-state index contributed by atoms with van der Waals surface area (Å²) in [6.45, 7) is 5.05. The molecule has 0 bridgehead atoms. The van der Waals surface area contributed by atoms with Crippen molar-refractivity contribution in [3.8, 4) is 11.5 Å². The molecule has 1 atom stereocenters. The molecule has 1 aliphatic carbocycles. The predicted molar refractivity (Wildman–Crippen MR) is 82.1 cm³/mol. The van der Waals surface area contributed by atoms with Crippen molar-refractivity contribution in [2.45, 2.75) is 39.4 Å². The summed E-state index contributed by atoms with van der Waals surface area (Å²) >= 11 is 0. The molecular weight excluding hydrogens is 284 g/mol. The average Bonchev–Trinajstić information content (AvgIpc) is 3.35. The predicted octanol–water partition coefficient (Wildman–Crippen LogP) is 2.95. The molecule has 1 fully saturated rings. The van der Waals surface area contributed by atoms with Crippen molar-refractivity contribution in [1.29, 1.82) is 0 Å². The molecule has 5 heteroatoms. The van der Waals surface area contributed by atoms with Gasteiger partial charge in [0.1, 0.15) is 6.61 Å². The molecule has 0 heterocycles. The van der Waals surface area contributed by atoms with Gasteiger partial charge in [-0.05, 0) is 50.3 Å². The standard InChI is InChI=1S/C17H24O5/c1-4-20-15-8-7-14(9-16(15)19-3)11-22-17(18)12(2)21-10-13-5-6-13/h7-9,12-13H,4-6,10-11H2,1-3H3. The molecule has 5 nitrogen and oxygen atoms in total. The van der Waals surface area contributed by atoms with Crippen LogP contribution < -0.4 is 9.47 Å². The third-order valence-electron chi connectivity index (χ3n) is 3.52. The van der Waals surface area contributed by atoms with Gasteiger partial charge in [-0.15, -0.1) is 0 Å². The van der Waals surface area contributed by atoms with E-state index >= 15 is 0 Å². The van der Waals surface area contributed by atoms with Gasteiger partial charge in [-0.25, -0.2) is 4.79 Å². The zero-order valence-corrected chi connectivity index (χ0v) is 13.5. The summed E-state index contributed by atoms with van der Waals surface area (Å²) in [7, 11) is 1.58. The van der Waals surface area contributed by atoms with E-state index in [1.807, 2.05) is 25.1 Å². The fourth-order valence-corrected chi connectivity index (χ4v) is 1.98. The zero-order chi connectivity index (χ0) is 15.9. The highest BCUT2D eigenvalue weighted by Crippen LogP contribution is 2.29. The van der Waals surface area contributed by atoms with Gasteiger partial charge in [0.25, 0.3) is 0 Å². The van der Waals surface area contributed by atoms with Crippen molar-refractivity contribution in [3.05, 3.63) is 23.8 Å². The summed E-state index contributed by atoms with van der Waals surface area (Å²) in [5.74, 6) is 1.61. The Morgan fingerprint density at radius 3 is 2.73 bits per heavy atom. The van der Waals surface area contributed by atoms with Crippen LogP contribution in [0.3, 0.4) is 0 Å². The topological polar surface area (TPSA) is 54.0 Å². The molecule has 0 N–H and O–H groups in total. The molecule has 2 rings (SSSR count). The lowest BCUT2D eigenvalue weighted by atomic mass is 10.2. The van der Waals surface area contributed by atoms with Crippen LogP contribution in [0.4, 0.5) is 0 Å². The largest absolute Gasteiger partial charge is 0.493 e. The van der Waals surface area contributed by atoms with Crippen molar-refractivity contribution in [2.75, 3.05) is 20.3 Å². The monoisotopic (exact) mass is 308 g/mol. The Morgan fingerprint density at radius 2 is 2.09 bits per heavy atom. The van der Waals surface area contributed by atoms with Crippen LogP contribution in [-0.4, -0.2) is 32.4 Å². The van der Waals surface area contributed by atoms with Gasteiger partial charge in [-0.3, -0.25) is 0 Å². The van der Waals surface area contributed by atoms with Gasteiger partial charge in [0, 0.05) is 0 Å². The van der Waals surface area contributed by atoms with E-state index in [1.165, 1.54) is 12.8 Å². The van der Waals surface area contributed by atoms with Crippen molar-refractivity contribution in [1.82, 2.24) is 0 Å². The summed E-state index contributed by atoms with van der Waals surface area (Å²) in [5, 5.41) is 0. The Hall–Kier alpha value is -1.75. The number of ether oxygens (including phenoxy) is 4. The molecule has 0 spiro atoms. The van der Waals surface area contributed by atoms with E-state index in [4.69, 9.17) is 18.9 Å². The molecule has 122 valence electrons. The molecule has 0 aromatic heterocycles. The minimum Gasteiger partial charge on any atom is -0.493 e. The maximum Gasteiger partial charge on any atom is 0.335 e. The van der Waals surface area contributed by atoms with Crippen LogP contribution in [0, 0.1) is 5.92 Å². The minimum absolute atomic E-state index is 0.193. The second-order valence-corrected chi connectivity index (χ2v) is 5.44. The summed E-state index contributed by atoms with van der Waals surface area (Å²) in [5.41, 5.74) is 0.850. The Bertz CT molecular complexity index is 496.